The Bertz CT molecular complexity index is 467. The number of carbonyl (C=O) groups excluding carboxylic acids is 1. The molecule has 0 saturated carbocycles. The summed E-state index contributed by atoms with van der Waals surface area (Å²) < 4.78 is 0. The van der Waals surface area contributed by atoms with E-state index in [2.05, 4.69) is 20.3 Å². The van der Waals surface area contributed by atoms with Crippen LogP contribution in [0.25, 0.3) is 0 Å². The van der Waals surface area contributed by atoms with E-state index in [1.54, 1.807) is 6.20 Å². The lowest BCUT2D eigenvalue weighted by atomic mass is 10.2. The fourth-order valence-corrected chi connectivity index (χ4v) is 1.41. The molecule has 1 atom stereocenters. The number of nitrogens with one attached hydrogen (secondary N) is 1. The second kappa shape index (κ2) is 6.48. The quantitative estimate of drug-likeness (QED) is 0.592. The van der Waals surface area contributed by atoms with E-state index in [1.807, 2.05) is 25.1 Å². The number of pyridine rings is 1. The number of nitrogens with zero attached hydrogens (tertiary/aromatic N) is 3. The van der Waals surface area contributed by atoms with Gasteiger partial charge in [0.15, 0.2) is 5.71 Å². The van der Waals surface area contributed by atoms with Gasteiger partial charge in [-0.1, -0.05) is 6.07 Å². The summed E-state index contributed by atoms with van der Waals surface area (Å²) in [6.45, 7) is 1.84. The Labute approximate surface area is 106 Å². The maximum Gasteiger partial charge on any atom is 0.273 e. The first-order valence-corrected chi connectivity index (χ1v) is 5.51. The van der Waals surface area contributed by atoms with Gasteiger partial charge in [-0.3, -0.25) is 19.8 Å². The molecule has 0 bridgehead atoms. The Kier molecular flexibility index (Phi) is 4.98. The Balaban J connectivity index is 2.77. The first-order valence-electron chi connectivity index (χ1n) is 5.51. The van der Waals surface area contributed by atoms with Gasteiger partial charge in [-0.15, -0.1) is 0 Å². The zero-order valence-electron chi connectivity index (χ0n) is 10.7. The maximum atomic E-state index is 11.9. The number of amides is 1. The molecular formula is C12H17N5O. The van der Waals surface area contributed by atoms with Crippen LogP contribution in [0, 0.1) is 0 Å². The van der Waals surface area contributed by atoms with Crippen LogP contribution in [0.1, 0.15) is 18.7 Å². The van der Waals surface area contributed by atoms with E-state index < -0.39 is 0 Å². The summed E-state index contributed by atoms with van der Waals surface area (Å²) in [7, 11) is 3.01. The molecule has 1 amide bonds. The summed E-state index contributed by atoms with van der Waals surface area (Å²) in [5.74, 6) is -0.248. The minimum atomic E-state index is -0.362. The van der Waals surface area contributed by atoms with Crippen LogP contribution in [-0.4, -0.2) is 36.5 Å². The highest BCUT2D eigenvalue weighted by Crippen LogP contribution is 2.07. The number of hydrogen-bond acceptors (Lipinski definition) is 4. The van der Waals surface area contributed by atoms with Crippen LogP contribution in [0.2, 0.25) is 0 Å². The van der Waals surface area contributed by atoms with Crippen molar-refractivity contribution in [3.63, 3.8) is 0 Å². The third kappa shape index (κ3) is 3.38. The van der Waals surface area contributed by atoms with Gasteiger partial charge in [0.2, 0.25) is 0 Å². The molecule has 0 aliphatic heterocycles. The van der Waals surface area contributed by atoms with Crippen molar-refractivity contribution in [3.8, 4) is 0 Å². The third-order valence-corrected chi connectivity index (χ3v) is 2.40. The molecule has 1 aromatic rings. The van der Waals surface area contributed by atoms with Gasteiger partial charge in [0.25, 0.3) is 5.91 Å². The number of carbonyl (C=O) groups is 1. The number of aromatic nitrogens is 1. The molecule has 0 aliphatic rings. The molecule has 1 aromatic heterocycles. The van der Waals surface area contributed by atoms with Crippen LogP contribution < -0.4 is 11.1 Å². The summed E-state index contributed by atoms with van der Waals surface area (Å²) in [5, 5.41) is 2.77. The lowest BCUT2D eigenvalue weighted by Gasteiger charge is -2.13. The Hall–Kier alpha value is -2.24. The summed E-state index contributed by atoms with van der Waals surface area (Å²) in [5.41, 5.74) is 6.48. The molecule has 0 aliphatic carbocycles. The number of nitrogens with two attached hydrogens (primary N) is 1. The molecule has 0 fully saturated rings. The first-order chi connectivity index (χ1) is 8.60. The Morgan fingerprint density at radius 2 is 2.11 bits per heavy atom. The van der Waals surface area contributed by atoms with Crippen molar-refractivity contribution >= 4 is 17.5 Å². The number of rotatable bonds is 4. The highest BCUT2D eigenvalue weighted by atomic mass is 16.2. The monoisotopic (exact) mass is 247 g/mol. The molecule has 1 heterocycles. The van der Waals surface area contributed by atoms with Crippen molar-refractivity contribution in [3.05, 3.63) is 30.1 Å². The van der Waals surface area contributed by atoms with E-state index in [-0.39, 0.29) is 23.5 Å². The summed E-state index contributed by atoms with van der Waals surface area (Å²) >= 11 is 0. The van der Waals surface area contributed by atoms with Crippen LogP contribution in [0.3, 0.4) is 0 Å². The topological polar surface area (TPSA) is 92.7 Å². The van der Waals surface area contributed by atoms with Gasteiger partial charge >= 0.3 is 0 Å². The predicted molar refractivity (Wildman–Crippen MR) is 71.7 cm³/mol. The molecular weight excluding hydrogens is 230 g/mol. The van der Waals surface area contributed by atoms with Crippen molar-refractivity contribution in [2.24, 2.45) is 15.7 Å². The molecule has 96 valence electrons. The normalized spacial score (nSPS) is 14.2. The van der Waals surface area contributed by atoms with Crippen LogP contribution in [-0.2, 0) is 4.79 Å². The average molecular weight is 247 g/mol. The van der Waals surface area contributed by atoms with Crippen LogP contribution in [0.5, 0.6) is 0 Å². The predicted octanol–water partition coefficient (Wildman–Crippen LogP) is 0.317. The molecule has 0 saturated heterocycles. The Morgan fingerprint density at radius 3 is 2.61 bits per heavy atom. The van der Waals surface area contributed by atoms with Crippen molar-refractivity contribution in [1.82, 2.24) is 10.3 Å². The summed E-state index contributed by atoms with van der Waals surface area (Å²) in [6.07, 6.45) is 1.68. The number of hydrogen-bond donors (Lipinski definition) is 2. The summed E-state index contributed by atoms with van der Waals surface area (Å²) in [4.78, 5) is 23.7. The van der Waals surface area contributed by atoms with Gasteiger partial charge in [-0.05, 0) is 19.1 Å². The van der Waals surface area contributed by atoms with E-state index in [0.29, 0.717) is 0 Å². The minimum absolute atomic E-state index is 0.114. The smallest absolute Gasteiger partial charge is 0.273 e. The standard InChI is InChI=1S/C12H17N5O/c1-8(9-6-4-5-7-16-9)17-12(18)10(14-2)11(13)15-3/h4-8H,1-3H3,(H2,13,15)(H,17,18)/t8-/m1/s1. The van der Waals surface area contributed by atoms with Crippen molar-refractivity contribution in [2.75, 3.05) is 14.1 Å². The summed E-state index contributed by atoms with van der Waals surface area (Å²) in [6, 6.07) is 5.30. The minimum Gasteiger partial charge on any atom is -0.382 e. The zero-order valence-corrected chi connectivity index (χ0v) is 10.7. The van der Waals surface area contributed by atoms with Crippen LogP contribution in [0.4, 0.5) is 0 Å². The van der Waals surface area contributed by atoms with E-state index in [9.17, 15) is 4.79 Å². The van der Waals surface area contributed by atoms with Gasteiger partial charge in [0.05, 0.1) is 11.7 Å². The van der Waals surface area contributed by atoms with E-state index >= 15 is 0 Å². The largest absolute Gasteiger partial charge is 0.382 e. The van der Waals surface area contributed by atoms with E-state index in [1.165, 1.54) is 14.1 Å². The molecule has 0 spiro atoms. The van der Waals surface area contributed by atoms with Gasteiger partial charge in [0, 0.05) is 20.3 Å². The fraction of sp³-hybridized carbons (Fsp3) is 0.333. The third-order valence-electron chi connectivity index (χ3n) is 2.40. The number of amidine groups is 1. The molecule has 0 unspecified atom stereocenters. The second-order valence-corrected chi connectivity index (χ2v) is 3.63. The molecule has 6 heteroatoms. The lowest BCUT2D eigenvalue weighted by molar-refractivity contribution is -0.115. The van der Waals surface area contributed by atoms with Gasteiger partial charge in [0.1, 0.15) is 5.84 Å². The molecule has 0 aromatic carbocycles. The molecule has 1 rings (SSSR count). The molecule has 0 radical (unpaired) electrons. The van der Waals surface area contributed by atoms with E-state index in [0.717, 1.165) is 5.69 Å². The second-order valence-electron chi connectivity index (χ2n) is 3.63. The maximum absolute atomic E-state index is 11.9. The van der Waals surface area contributed by atoms with Gasteiger partial charge in [-0.25, -0.2) is 0 Å². The lowest BCUT2D eigenvalue weighted by Crippen LogP contribution is -2.40. The highest BCUT2D eigenvalue weighted by molar-refractivity contribution is 6.66. The van der Waals surface area contributed by atoms with Gasteiger partial charge < -0.3 is 11.1 Å². The number of aliphatic imine (C=N–C) groups is 2. The van der Waals surface area contributed by atoms with Crippen LogP contribution >= 0.6 is 0 Å². The fourth-order valence-electron chi connectivity index (χ4n) is 1.41. The first kappa shape index (κ1) is 13.8. The van der Waals surface area contributed by atoms with Crippen LogP contribution in [0.15, 0.2) is 34.4 Å². The SMILES string of the molecule is CN=C(N)C(=NC)C(=O)N[C@H](C)c1ccccn1. The molecule has 18 heavy (non-hydrogen) atoms. The highest BCUT2D eigenvalue weighted by Gasteiger charge is 2.17. The average Bonchev–Trinajstić information content (AvgIpc) is 2.40. The molecule has 6 nitrogen and oxygen atoms in total. The Morgan fingerprint density at radius 1 is 1.39 bits per heavy atom. The zero-order chi connectivity index (χ0) is 13.5. The van der Waals surface area contributed by atoms with Gasteiger partial charge in [-0.2, -0.15) is 0 Å². The molecule has 3 N–H and O–H groups in total. The van der Waals surface area contributed by atoms with E-state index in [4.69, 9.17) is 5.73 Å². The van der Waals surface area contributed by atoms with Crippen molar-refractivity contribution in [1.29, 1.82) is 0 Å². The van der Waals surface area contributed by atoms with Crippen molar-refractivity contribution < 1.29 is 4.79 Å². The van der Waals surface area contributed by atoms with Crippen molar-refractivity contribution in [2.45, 2.75) is 13.0 Å².